The monoisotopic (exact) mass is 373 g/mol. The third kappa shape index (κ3) is 5.10. The number of hydrogen-bond donors (Lipinski definition) is 3. The fourth-order valence-corrected chi connectivity index (χ4v) is 1.95. The molecule has 24 heavy (non-hydrogen) atoms. The van der Waals surface area contributed by atoms with Crippen LogP contribution in [-0.2, 0) is 6.18 Å². The Kier molecular flexibility index (Phi) is 5.63. The second kappa shape index (κ2) is 7.50. The highest BCUT2D eigenvalue weighted by Gasteiger charge is 2.29. The number of rotatable bonds is 3. The van der Waals surface area contributed by atoms with Gasteiger partial charge in [0.15, 0.2) is 5.11 Å². The summed E-state index contributed by atoms with van der Waals surface area (Å²) >= 11 is 10.7. The molecule has 9 heteroatoms. The molecule has 2 aromatic carbocycles. The number of hydrazine groups is 1. The van der Waals surface area contributed by atoms with Crippen molar-refractivity contribution in [1.29, 1.82) is 0 Å². The summed E-state index contributed by atoms with van der Waals surface area (Å²) in [6.07, 6.45) is -4.40. The van der Waals surface area contributed by atoms with E-state index >= 15 is 0 Å². The van der Waals surface area contributed by atoms with E-state index in [1.807, 2.05) is 0 Å². The molecular weight excluding hydrogens is 363 g/mol. The van der Waals surface area contributed by atoms with Gasteiger partial charge < -0.3 is 0 Å². The van der Waals surface area contributed by atoms with Crippen LogP contribution in [0.2, 0.25) is 5.02 Å². The lowest BCUT2D eigenvalue weighted by atomic mass is 10.2. The maximum atomic E-state index is 12.5. The number of amides is 1. The van der Waals surface area contributed by atoms with Crippen molar-refractivity contribution < 1.29 is 18.0 Å². The molecule has 0 saturated carbocycles. The predicted molar refractivity (Wildman–Crippen MR) is 89.7 cm³/mol. The van der Waals surface area contributed by atoms with Gasteiger partial charge in [-0.3, -0.25) is 21.0 Å². The van der Waals surface area contributed by atoms with E-state index in [0.717, 1.165) is 12.1 Å². The standard InChI is InChI=1S/C15H11ClF3N3OS/c16-11-5-1-9(2-6-11)13(23)20-14(24)22-21-12-7-3-10(4-8-12)15(17,18)19/h1-8,21H,(H2,20,22,23,24). The lowest BCUT2D eigenvalue weighted by Crippen LogP contribution is -2.41. The lowest BCUT2D eigenvalue weighted by Gasteiger charge is -2.13. The zero-order chi connectivity index (χ0) is 17.7. The number of alkyl halides is 3. The van der Waals surface area contributed by atoms with Crippen LogP contribution in [0.3, 0.4) is 0 Å². The van der Waals surface area contributed by atoms with Crippen molar-refractivity contribution in [3.05, 3.63) is 64.7 Å². The molecule has 4 nitrogen and oxygen atoms in total. The highest BCUT2D eigenvalue weighted by Crippen LogP contribution is 2.29. The topological polar surface area (TPSA) is 53.2 Å². The first-order valence-electron chi connectivity index (χ1n) is 6.56. The fourth-order valence-electron chi connectivity index (χ4n) is 1.68. The predicted octanol–water partition coefficient (Wildman–Crippen LogP) is 3.99. The van der Waals surface area contributed by atoms with Crippen LogP contribution in [0.5, 0.6) is 0 Å². The minimum Gasteiger partial charge on any atom is -0.299 e. The van der Waals surface area contributed by atoms with E-state index in [9.17, 15) is 18.0 Å². The summed E-state index contributed by atoms with van der Waals surface area (Å²) in [6.45, 7) is 0. The molecule has 0 aliphatic heterocycles. The Morgan fingerprint density at radius 1 is 1.00 bits per heavy atom. The first-order valence-corrected chi connectivity index (χ1v) is 7.34. The van der Waals surface area contributed by atoms with Crippen molar-refractivity contribution in [2.24, 2.45) is 0 Å². The third-order valence-corrected chi connectivity index (χ3v) is 3.32. The molecule has 0 aliphatic rings. The average molecular weight is 374 g/mol. The van der Waals surface area contributed by atoms with E-state index in [1.165, 1.54) is 24.3 Å². The molecular formula is C15H11ClF3N3OS. The van der Waals surface area contributed by atoms with Crippen molar-refractivity contribution >= 4 is 40.5 Å². The Morgan fingerprint density at radius 2 is 1.58 bits per heavy atom. The van der Waals surface area contributed by atoms with Gasteiger partial charge >= 0.3 is 6.18 Å². The van der Waals surface area contributed by atoms with Crippen LogP contribution in [0.4, 0.5) is 18.9 Å². The van der Waals surface area contributed by atoms with E-state index in [0.29, 0.717) is 16.3 Å². The van der Waals surface area contributed by atoms with E-state index in [4.69, 9.17) is 23.8 Å². The van der Waals surface area contributed by atoms with Crippen LogP contribution in [0.1, 0.15) is 15.9 Å². The summed E-state index contributed by atoms with van der Waals surface area (Å²) in [5.41, 5.74) is 5.06. The van der Waals surface area contributed by atoms with E-state index < -0.39 is 17.6 Å². The minimum atomic E-state index is -4.40. The van der Waals surface area contributed by atoms with Crippen molar-refractivity contribution in [2.45, 2.75) is 6.18 Å². The molecule has 0 radical (unpaired) electrons. The molecule has 0 bridgehead atoms. The number of carbonyl (C=O) groups is 1. The fraction of sp³-hybridized carbons (Fsp3) is 0.0667. The molecule has 0 saturated heterocycles. The van der Waals surface area contributed by atoms with Gasteiger partial charge in [0.2, 0.25) is 0 Å². The Balaban J connectivity index is 1.86. The zero-order valence-electron chi connectivity index (χ0n) is 11.9. The molecule has 0 aromatic heterocycles. The second-order valence-electron chi connectivity index (χ2n) is 4.62. The number of halogens is 4. The van der Waals surface area contributed by atoms with Crippen LogP contribution < -0.4 is 16.2 Å². The molecule has 0 unspecified atom stereocenters. The number of carbonyl (C=O) groups excluding carboxylic acids is 1. The van der Waals surface area contributed by atoms with Gasteiger partial charge in [-0.15, -0.1) is 0 Å². The molecule has 126 valence electrons. The molecule has 1 amide bonds. The number of thiocarbonyl (C=S) groups is 1. The van der Waals surface area contributed by atoms with Crippen LogP contribution in [0, 0.1) is 0 Å². The maximum absolute atomic E-state index is 12.5. The third-order valence-electron chi connectivity index (χ3n) is 2.87. The average Bonchev–Trinajstić information content (AvgIpc) is 2.53. The van der Waals surface area contributed by atoms with Crippen LogP contribution in [0.25, 0.3) is 0 Å². The summed E-state index contributed by atoms with van der Waals surface area (Å²) in [4.78, 5) is 11.9. The number of anilines is 1. The molecule has 2 aromatic rings. The quantitative estimate of drug-likeness (QED) is 0.562. The van der Waals surface area contributed by atoms with Gasteiger partial charge in [0, 0.05) is 10.6 Å². The van der Waals surface area contributed by atoms with Crippen molar-refractivity contribution in [3.8, 4) is 0 Å². The van der Waals surface area contributed by atoms with Crippen LogP contribution in [-0.4, -0.2) is 11.0 Å². The first-order chi connectivity index (χ1) is 11.3. The molecule has 0 aliphatic carbocycles. The molecule has 0 fully saturated rings. The largest absolute Gasteiger partial charge is 0.416 e. The highest BCUT2D eigenvalue weighted by molar-refractivity contribution is 7.80. The number of nitrogens with one attached hydrogen (secondary N) is 3. The number of hydrogen-bond acceptors (Lipinski definition) is 3. The first kappa shape index (κ1) is 18.0. The van der Waals surface area contributed by atoms with E-state index in [1.54, 1.807) is 12.1 Å². The summed E-state index contributed by atoms with van der Waals surface area (Å²) in [7, 11) is 0. The maximum Gasteiger partial charge on any atom is 0.416 e. The Labute approximate surface area is 146 Å². The normalized spacial score (nSPS) is 10.8. The Hall–Kier alpha value is -2.32. The molecule has 3 N–H and O–H groups in total. The summed E-state index contributed by atoms with van der Waals surface area (Å²) in [6, 6.07) is 10.5. The van der Waals surface area contributed by atoms with Gasteiger partial charge in [-0.1, -0.05) is 11.6 Å². The zero-order valence-corrected chi connectivity index (χ0v) is 13.5. The van der Waals surface area contributed by atoms with Gasteiger partial charge in [-0.05, 0) is 60.7 Å². The Bertz CT molecular complexity index is 733. The van der Waals surface area contributed by atoms with Crippen molar-refractivity contribution in [2.75, 3.05) is 5.43 Å². The second-order valence-corrected chi connectivity index (χ2v) is 5.46. The number of benzene rings is 2. The highest BCUT2D eigenvalue weighted by atomic mass is 35.5. The molecule has 2 rings (SSSR count). The van der Waals surface area contributed by atoms with Gasteiger partial charge in [0.1, 0.15) is 0 Å². The van der Waals surface area contributed by atoms with Crippen LogP contribution in [0.15, 0.2) is 48.5 Å². The van der Waals surface area contributed by atoms with E-state index in [2.05, 4.69) is 16.2 Å². The van der Waals surface area contributed by atoms with Gasteiger partial charge in [-0.2, -0.15) is 13.2 Å². The molecule has 0 spiro atoms. The molecule has 0 heterocycles. The Morgan fingerprint density at radius 3 is 2.12 bits per heavy atom. The van der Waals surface area contributed by atoms with Crippen molar-refractivity contribution in [3.63, 3.8) is 0 Å². The van der Waals surface area contributed by atoms with Crippen molar-refractivity contribution in [1.82, 2.24) is 10.7 Å². The molecule has 0 atom stereocenters. The SMILES string of the molecule is O=C(NC(=S)NNc1ccc(C(F)(F)F)cc1)c1ccc(Cl)cc1. The summed E-state index contributed by atoms with van der Waals surface area (Å²) in [5.74, 6) is -0.446. The van der Waals surface area contributed by atoms with E-state index in [-0.39, 0.29) is 5.11 Å². The lowest BCUT2D eigenvalue weighted by molar-refractivity contribution is -0.137. The van der Waals surface area contributed by atoms with Gasteiger partial charge in [-0.25, -0.2) is 0 Å². The van der Waals surface area contributed by atoms with Gasteiger partial charge in [0.25, 0.3) is 5.91 Å². The summed E-state index contributed by atoms with van der Waals surface area (Å²) in [5, 5.41) is 2.88. The van der Waals surface area contributed by atoms with Gasteiger partial charge in [0.05, 0.1) is 11.3 Å². The smallest absolute Gasteiger partial charge is 0.299 e. The minimum absolute atomic E-state index is 0.0325. The van der Waals surface area contributed by atoms with Crippen LogP contribution >= 0.6 is 23.8 Å². The summed E-state index contributed by atoms with van der Waals surface area (Å²) < 4.78 is 37.4.